The van der Waals surface area contributed by atoms with Gasteiger partial charge in [-0.1, -0.05) is 0 Å². The molecule has 0 aromatic carbocycles. The average Bonchev–Trinajstić information content (AvgIpc) is 2.91. The molecule has 1 aliphatic carbocycles. The molecule has 0 saturated carbocycles. The van der Waals surface area contributed by atoms with Crippen LogP contribution in [0.5, 0.6) is 0 Å². The van der Waals surface area contributed by atoms with Gasteiger partial charge in [0, 0.05) is 16.2 Å². The Morgan fingerprint density at radius 2 is 2.38 bits per heavy atom. The van der Waals surface area contributed by atoms with Gasteiger partial charge in [0.2, 0.25) is 0 Å². The molecule has 0 spiro atoms. The molecular weight excluding hydrogens is 220 g/mol. The van der Waals surface area contributed by atoms with Gasteiger partial charge < -0.3 is 9.52 Å². The van der Waals surface area contributed by atoms with Crippen LogP contribution in [0.2, 0.25) is 0 Å². The van der Waals surface area contributed by atoms with Crippen LogP contribution in [0.4, 0.5) is 0 Å². The van der Waals surface area contributed by atoms with E-state index in [1.165, 1.54) is 29.7 Å². The molecule has 1 aliphatic rings. The van der Waals surface area contributed by atoms with Crippen molar-refractivity contribution in [3.8, 4) is 0 Å². The van der Waals surface area contributed by atoms with E-state index in [2.05, 4.69) is 6.07 Å². The average molecular weight is 234 g/mol. The molecule has 0 fully saturated rings. The molecule has 1 N–H and O–H groups in total. The van der Waals surface area contributed by atoms with E-state index in [-0.39, 0.29) is 6.10 Å². The summed E-state index contributed by atoms with van der Waals surface area (Å²) in [4.78, 5) is 2.58. The Bertz CT molecular complexity index is 449. The van der Waals surface area contributed by atoms with Crippen LogP contribution in [0.25, 0.3) is 0 Å². The fourth-order valence-electron chi connectivity index (χ4n) is 2.25. The van der Waals surface area contributed by atoms with E-state index >= 15 is 0 Å². The van der Waals surface area contributed by atoms with E-state index in [1.807, 2.05) is 6.07 Å². The normalized spacial score (nSPS) is 16.3. The highest BCUT2D eigenvalue weighted by molar-refractivity contribution is 7.12. The molecule has 0 amide bonds. The minimum Gasteiger partial charge on any atom is -0.472 e. The molecule has 2 aromatic heterocycles. The second-order valence-electron chi connectivity index (χ2n) is 4.30. The van der Waals surface area contributed by atoms with E-state index in [0.717, 1.165) is 10.4 Å². The lowest BCUT2D eigenvalue weighted by atomic mass is 10.1. The number of rotatable bonds is 3. The highest BCUT2D eigenvalue weighted by Crippen LogP contribution is 2.34. The van der Waals surface area contributed by atoms with Crippen LogP contribution in [0, 0.1) is 0 Å². The second kappa shape index (κ2) is 4.07. The predicted octanol–water partition coefficient (Wildman–Crippen LogP) is 3.11. The first-order valence-corrected chi connectivity index (χ1v) is 6.45. The number of hydrogen-bond donors (Lipinski definition) is 1. The van der Waals surface area contributed by atoms with Gasteiger partial charge in [-0.25, -0.2) is 0 Å². The second-order valence-corrected chi connectivity index (χ2v) is 5.47. The molecule has 84 valence electrons. The van der Waals surface area contributed by atoms with Crippen molar-refractivity contribution in [2.24, 2.45) is 0 Å². The highest BCUT2D eigenvalue weighted by Gasteiger charge is 2.19. The van der Waals surface area contributed by atoms with Crippen molar-refractivity contribution in [1.29, 1.82) is 0 Å². The molecule has 2 aromatic rings. The van der Waals surface area contributed by atoms with E-state index in [9.17, 15) is 5.11 Å². The van der Waals surface area contributed by atoms with E-state index in [1.54, 1.807) is 23.9 Å². The lowest BCUT2D eigenvalue weighted by Crippen LogP contribution is -1.98. The molecule has 2 nitrogen and oxygen atoms in total. The molecule has 3 heteroatoms. The molecule has 0 bridgehead atoms. The first-order valence-electron chi connectivity index (χ1n) is 5.63. The first kappa shape index (κ1) is 10.1. The van der Waals surface area contributed by atoms with Crippen LogP contribution in [-0.2, 0) is 19.3 Å². The first-order chi connectivity index (χ1) is 7.83. The summed E-state index contributed by atoms with van der Waals surface area (Å²) in [7, 11) is 0. The number of aliphatic hydroxyl groups is 1. The lowest BCUT2D eigenvalue weighted by Gasteiger charge is -2.06. The van der Waals surface area contributed by atoms with Crippen LogP contribution in [0.3, 0.4) is 0 Å². The van der Waals surface area contributed by atoms with E-state index in [0.29, 0.717) is 6.42 Å². The Hall–Kier alpha value is -1.06. The number of aliphatic hydroxyl groups excluding tert-OH is 1. The molecule has 2 heterocycles. The van der Waals surface area contributed by atoms with Crippen molar-refractivity contribution in [2.75, 3.05) is 0 Å². The number of furan rings is 1. The summed E-state index contributed by atoms with van der Waals surface area (Å²) in [6, 6.07) is 4.09. The third kappa shape index (κ3) is 1.81. The quantitative estimate of drug-likeness (QED) is 0.885. The van der Waals surface area contributed by atoms with Crippen LogP contribution in [-0.4, -0.2) is 5.11 Å². The fraction of sp³-hybridized carbons (Fsp3) is 0.385. The van der Waals surface area contributed by atoms with Gasteiger partial charge >= 0.3 is 0 Å². The van der Waals surface area contributed by atoms with Gasteiger partial charge in [0.05, 0.1) is 18.6 Å². The number of hydrogen-bond acceptors (Lipinski definition) is 3. The maximum Gasteiger partial charge on any atom is 0.0935 e. The van der Waals surface area contributed by atoms with Crippen LogP contribution >= 0.6 is 11.3 Å². The zero-order valence-corrected chi connectivity index (χ0v) is 9.80. The number of aryl methyl sites for hydroxylation is 2. The molecule has 0 radical (unpaired) electrons. The minimum atomic E-state index is -0.381. The Balaban J connectivity index is 1.76. The van der Waals surface area contributed by atoms with Crippen molar-refractivity contribution in [3.05, 3.63) is 45.5 Å². The fourth-order valence-corrected chi connectivity index (χ4v) is 3.49. The van der Waals surface area contributed by atoms with Crippen molar-refractivity contribution < 1.29 is 9.52 Å². The number of fused-ring (bicyclic) bond motifs is 1. The third-order valence-electron chi connectivity index (χ3n) is 3.10. The minimum absolute atomic E-state index is 0.381. The molecule has 16 heavy (non-hydrogen) atoms. The smallest absolute Gasteiger partial charge is 0.0935 e. The SMILES string of the molecule is OC(Cc1ccoc1)c1cc2c(s1)CCC2. The van der Waals surface area contributed by atoms with Crippen molar-refractivity contribution >= 4 is 11.3 Å². The van der Waals surface area contributed by atoms with Gasteiger partial charge in [-0.2, -0.15) is 0 Å². The van der Waals surface area contributed by atoms with Gasteiger partial charge in [0.1, 0.15) is 0 Å². The maximum atomic E-state index is 10.1. The molecule has 0 saturated heterocycles. The topological polar surface area (TPSA) is 33.4 Å². The van der Waals surface area contributed by atoms with Crippen LogP contribution < -0.4 is 0 Å². The Morgan fingerprint density at radius 1 is 1.44 bits per heavy atom. The predicted molar refractivity (Wildman–Crippen MR) is 63.7 cm³/mol. The largest absolute Gasteiger partial charge is 0.472 e. The Kier molecular flexibility index (Phi) is 2.58. The van der Waals surface area contributed by atoms with Crippen LogP contribution in [0.15, 0.2) is 29.1 Å². The monoisotopic (exact) mass is 234 g/mol. The summed E-state index contributed by atoms with van der Waals surface area (Å²) >= 11 is 1.77. The maximum absolute atomic E-state index is 10.1. The molecule has 1 unspecified atom stereocenters. The van der Waals surface area contributed by atoms with Crippen molar-refractivity contribution in [1.82, 2.24) is 0 Å². The van der Waals surface area contributed by atoms with E-state index in [4.69, 9.17) is 4.42 Å². The van der Waals surface area contributed by atoms with Crippen molar-refractivity contribution in [2.45, 2.75) is 31.8 Å². The molecule has 3 rings (SSSR count). The zero-order valence-electron chi connectivity index (χ0n) is 8.98. The van der Waals surface area contributed by atoms with Gasteiger partial charge in [-0.05, 0) is 42.5 Å². The molecule has 0 aliphatic heterocycles. The van der Waals surface area contributed by atoms with Gasteiger partial charge in [-0.15, -0.1) is 11.3 Å². The summed E-state index contributed by atoms with van der Waals surface area (Å²) < 4.78 is 5.00. The summed E-state index contributed by atoms with van der Waals surface area (Å²) in [5.74, 6) is 0. The summed E-state index contributed by atoms with van der Waals surface area (Å²) in [6.45, 7) is 0. The summed E-state index contributed by atoms with van der Waals surface area (Å²) in [5, 5.41) is 10.1. The van der Waals surface area contributed by atoms with Gasteiger partial charge in [0.15, 0.2) is 0 Å². The Morgan fingerprint density at radius 3 is 3.12 bits per heavy atom. The van der Waals surface area contributed by atoms with Crippen LogP contribution in [0.1, 0.15) is 33.4 Å². The Labute approximate surface area is 98.5 Å². The van der Waals surface area contributed by atoms with E-state index < -0.39 is 0 Å². The van der Waals surface area contributed by atoms with Gasteiger partial charge in [0.25, 0.3) is 0 Å². The summed E-state index contributed by atoms with van der Waals surface area (Å²) in [6.07, 6.45) is 7.27. The number of thiophene rings is 1. The highest BCUT2D eigenvalue weighted by atomic mass is 32.1. The van der Waals surface area contributed by atoms with Gasteiger partial charge in [-0.3, -0.25) is 0 Å². The van der Waals surface area contributed by atoms with Crippen molar-refractivity contribution in [3.63, 3.8) is 0 Å². The molecule has 1 atom stereocenters. The third-order valence-corrected chi connectivity index (χ3v) is 4.44. The lowest BCUT2D eigenvalue weighted by molar-refractivity contribution is 0.182. The standard InChI is InChI=1S/C13H14O2S/c14-11(6-9-4-5-15-8-9)13-7-10-2-1-3-12(10)16-13/h4-5,7-8,11,14H,1-3,6H2. The zero-order chi connectivity index (χ0) is 11.0. The summed E-state index contributed by atoms with van der Waals surface area (Å²) in [5.41, 5.74) is 2.51. The molecular formula is C13H14O2S.